The van der Waals surface area contributed by atoms with Crippen molar-refractivity contribution in [1.82, 2.24) is 15.3 Å². The number of nitrogens with one attached hydrogen (secondary N) is 2. The van der Waals surface area contributed by atoms with E-state index in [-0.39, 0.29) is 24.0 Å². The van der Waals surface area contributed by atoms with Crippen LogP contribution in [-0.4, -0.2) is 43.2 Å². The van der Waals surface area contributed by atoms with Gasteiger partial charge in [0, 0.05) is 19.5 Å². The van der Waals surface area contributed by atoms with Crippen molar-refractivity contribution in [2.24, 2.45) is 10.7 Å². The molecule has 3 aromatic rings. The molecule has 1 aromatic heterocycles. The number of ether oxygens (including phenoxy) is 2. The van der Waals surface area contributed by atoms with E-state index in [2.05, 4.69) is 20.3 Å². The van der Waals surface area contributed by atoms with Crippen LogP contribution in [0.5, 0.6) is 11.5 Å². The van der Waals surface area contributed by atoms with E-state index in [0.717, 1.165) is 53.2 Å². The van der Waals surface area contributed by atoms with Crippen LogP contribution in [0.1, 0.15) is 17.8 Å². The lowest BCUT2D eigenvalue weighted by Crippen LogP contribution is -2.33. The van der Waals surface area contributed by atoms with E-state index in [1.807, 2.05) is 42.5 Å². The molecule has 0 saturated heterocycles. The molecule has 0 unspecified atom stereocenters. The molecule has 0 aliphatic rings. The smallest absolute Gasteiger partial charge is 0.188 e. The molecule has 0 atom stereocenters. The van der Waals surface area contributed by atoms with Crippen molar-refractivity contribution in [1.29, 1.82) is 0 Å². The number of halogens is 1. The Labute approximate surface area is 188 Å². The van der Waals surface area contributed by atoms with Gasteiger partial charge >= 0.3 is 0 Å². The first-order chi connectivity index (χ1) is 13.7. The quantitative estimate of drug-likeness (QED) is 0.178. The van der Waals surface area contributed by atoms with Gasteiger partial charge < -0.3 is 25.5 Å². The van der Waals surface area contributed by atoms with E-state index in [1.54, 1.807) is 14.2 Å². The van der Waals surface area contributed by atoms with Crippen LogP contribution < -0.4 is 20.5 Å². The number of aromatic nitrogens is 2. The van der Waals surface area contributed by atoms with Crippen LogP contribution in [0, 0.1) is 0 Å². The number of para-hydroxylation sites is 2. The van der Waals surface area contributed by atoms with E-state index >= 15 is 0 Å². The molecule has 29 heavy (non-hydrogen) atoms. The summed E-state index contributed by atoms with van der Waals surface area (Å²) in [6, 6.07) is 13.9. The van der Waals surface area contributed by atoms with Gasteiger partial charge in [-0.05, 0) is 42.7 Å². The minimum atomic E-state index is 0. The SMILES string of the molecule is COc1ccc(CCNC(N)=NCCCc2nc3ccccc3[nH]2)cc1OC.I. The van der Waals surface area contributed by atoms with E-state index < -0.39 is 0 Å². The Bertz CT molecular complexity index is 909. The molecule has 1 heterocycles. The number of benzene rings is 2. The van der Waals surface area contributed by atoms with Gasteiger partial charge in [0.15, 0.2) is 17.5 Å². The van der Waals surface area contributed by atoms with Crippen LogP contribution in [-0.2, 0) is 12.8 Å². The normalized spacial score (nSPS) is 11.2. The Hall–Kier alpha value is -2.49. The van der Waals surface area contributed by atoms with E-state index in [1.165, 1.54) is 0 Å². The number of fused-ring (bicyclic) bond motifs is 1. The highest BCUT2D eigenvalue weighted by atomic mass is 127. The lowest BCUT2D eigenvalue weighted by Gasteiger charge is -2.10. The number of aryl methyl sites for hydroxylation is 1. The van der Waals surface area contributed by atoms with Crippen molar-refractivity contribution in [3.8, 4) is 11.5 Å². The summed E-state index contributed by atoms with van der Waals surface area (Å²) >= 11 is 0. The van der Waals surface area contributed by atoms with Gasteiger partial charge in [0.25, 0.3) is 0 Å². The molecule has 2 aromatic carbocycles. The lowest BCUT2D eigenvalue weighted by molar-refractivity contribution is 0.354. The van der Waals surface area contributed by atoms with Gasteiger partial charge in [-0.3, -0.25) is 4.99 Å². The third-order valence-electron chi connectivity index (χ3n) is 4.46. The van der Waals surface area contributed by atoms with Gasteiger partial charge in [-0.2, -0.15) is 0 Å². The zero-order valence-corrected chi connectivity index (χ0v) is 19.1. The molecule has 7 nitrogen and oxygen atoms in total. The monoisotopic (exact) mass is 509 g/mol. The van der Waals surface area contributed by atoms with Crippen LogP contribution in [0.15, 0.2) is 47.5 Å². The van der Waals surface area contributed by atoms with Crippen molar-refractivity contribution in [2.45, 2.75) is 19.3 Å². The number of rotatable bonds is 9. The Morgan fingerprint density at radius 2 is 1.90 bits per heavy atom. The maximum atomic E-state index is 5.95. The number of hydrogen-bond acceptors (Lipinski definition) is 4. The second kappa shape index (κ2) is 11.5. The minimum Gasteiger partial charge on any atom is -0.493 e. The third kappa shape index (κ3) is 6.52. The Kier molecular flexibility index (Phi) is 9.04. The molecular weight excluding hydrogens is 481 g/mol. The summed E-state index contributed by atoms with van der Waals surface area (Å²) in [5.41, 5.74) is 9.16. The first-order valence-electron chi connectivity index (χ1n) is 9.38. The summed E-state index contributed by atoms with van der Waals surface area (Å²) in [6.45, 7) is 1.36. The van der Waals surface area contributed by atoms with Gasteiger partial charge in [0.1, 0.15) is 5.82 Å². The zero-order chi connectivity index (χ0) is 19.8. The summed E-state index contributed by atoms with van der Waals surface area (Å²) in [5.74, 6) is 2.90. The first-order valence-corrected chi connectivity index (χ1v) is 9.38. The molecule has 156 valence electrons. The van der Waals surface area contributed by atoms with E-state index in [0.29, 0.717) is 19.0 Å². The maximum Gasteiger partial charge on any atom is 0.188 e. The fourth-order valence-electron chi connectivity index (χ4n) is 3.00. The topological polar surface area (TPSA) is 97.5 Å². The fourth-order valence-corrected chi connectivity index (χ4v) is 3.00. The molecule has 0 aliphatic heterocycles. The molecule has 0 spiro atoms. The summed E-state index contributed by atoms with van der Waals surface area (Å²) in [5, 5.41) is 3.15. The largest absolute Gasteiger partial charge is 0.493 e. The number of imidazole rings is 1. The highest BCUT2D eigenvalue weighted by Crippen LogP contribution is 2.27. The molecule has 0 radical (unpaired) electrons. The Morgan fingerprint density at radius 1 is 1.10 bits per heavy atom. The van der Waals surface area contributed by atoms with Crippen LogP contribution in [0.2, 0.25) is 0 Å². The second-order valence-electron chi connectivity index (χ2n) is 6.44. The predicted octanol–water partition coefficient (Wildman–Crippen LogP) is 3.28. The van der Waals surface area contributed by atoms with Gasteiger partial charge in [-0.15, -0.1) is 24.0 Å². The highest BCUT2D eigenvalue weighted by molar-refractivity contribution is 14.0. The maximum absolute atomic E-state index is 5.95. The lowest BCUT2D eigenvalue weighted by atomic mass is 10.1. The van der Waals surface area contributed by atoms with E-state index in [4.69, 9.17) is 15.2 Å². The molecule has 0 fully saturated rings. The molecule has 0 saturated carbocycles. The van der Waals surface area contributed by atoms with Gasteiger partial charge in [-0.1, -0.05) is 18.2 Å². The predicted molar refractivity (Wildman–Crippen MR) is 128 cm³/mol. The van der Waals surface area contributed by atoms with Crippen LogP contribution >= 0.6 is 24.0 Å². The number of aromatic amines is 1. The van der Waals surface area contributed by atoms with Gasteiger partial charge in [0.2, 0.25) is 0 Å². The van der Waals surface area contributed by atoms with Crippen LogP contribution in [0.3, 0.4) is 0 Å². The molecule has 0 aliphatic carbocycles. The van der Waals surface area contributed by atoms with Crippen molar-refractivity contribution < 1.29 is 9.47 Å². The standard InChI is InChI=1S/C21H27N5O2.HI/c1-27-18-10-9-15(14-19(18)28-2)11-13-24-21(22)23-12-5-8-20-25-16-6-3-4-7-17(16)26-20;/h3-4,6-7,9-10,14H,5,8,11-13H2,1-2H3,(H,25,26)(H3,22,23,24);1H. The Morgan fingerprint density at radius 3 is 2.66 bits per heavy atom. The summed E-state index contributed by atoms with van der Waals surface area (Å²) in [7, 11) is 3.26. The highest BCUT2D eigenvalue weighted by Gasteiger charge is 2.05. The van der Waals surface area contributed by atoms with Gasteiger partial charge in [-0.25, -0.2) is 4.98 Å². The average molecular weight is 509 g/mol. The molecule has 8 heteroatoms. The number of guanidine groups is 1. The zero-order valence-electron chi connectivity index (χ0n) is 16.8. The summed E-state index contributed by atoms with van der Waals surface area (Å²) in [6.07, 6.45) is 2.55. The summed E-state index contributed by atoms with van der Waals surface area (Å²) < 4.78 is 10.6. The third-order valence-corrected chi connectivity index (χ3v) is 4.46. The second-order valence-corrected chi connectivity index (χ2v) is 6.44. The first kappa shape index (κ1) is 22.8. The van der Waals surface area contributed by atoms with Crippen molar-refractivity contribution in [2.75, 3.05) is 27.3 Å². The summed E-state index contributed by atoms with van der Waals surface area (Å²) in [4.78, 5) is 12.3. The molecule has 4 N–H and O–H groups in total. The molecule has 0 amide bonds. The molecule has 0 bridgehead atoms. The fraction of sp³-hybridized carbons (Fsp3) is 0.333. The van der Waals surface area contributed by atoms with Crippen molar-refractivity contribution in [3.05, 3.63) is 53.9 Å². The number of nitrogens with zero attached hydrogens (tertiary/aromatic N) is 2. The van der Waals surface area contributed by atoms with Gasteiger partial charge in [0.05, 0.1) is 25.3 Å². The minimum absolute atomic E-state index is 0. The Balaban J connectivity index is 0.00000300. The number of H-pyrrole nitrogens is 1. The van der Waals surface area contributed by atoms with Crippen LogP contribution in [0.25, 0.3) is 11.0 Å². The van der Waals surface area contributed by atoms with E-state index in [9.17, 15) is 0 Å². The number of hydrogen-bond donors (Lipinski definition) is 3. The van der Waals surface area contributed by atoms with Crippen LogP contribution in [0.4, 0.5) is 0 Å². The molecule has 3 rings (SSSR count). The van der Waals surface area contributed by atoms with Crippen molar-refractivity contribution in [3.63, 3.8) is 0 Å². The number of aliphatic imine (C=N–C) groups is 1. The number of nitrogens with two attached hydrogens (primary N) is 1. The number of methoxy groups -OCH3 is 2. The average Bonchev–Trinajstić information content (AvgIpc) is 3.14. The van der Waals surface area contributed by atoms with Crippen molar-refractivity contribution >= 4 is 41.0 Å². The molecular formula is C21H28IN5O2.